The third kappa shape index (κ3) is 0.606. The van der Waals surface area contributed by atoms with Crippen LogP contribution in [-0.2, 0) is 0 Å². The Bertz CT molecular complexity index is 168. The van der Waals surface area contributed by atoms with Crippen molar-refractivity contribution in [2.45, 2.75) is 0 Å². The molecule has 0 aromatic carbocycles. The Labute approximate surface area is 41.8 Å². The summed E-state index contributed by atoms with van der Waals surface area (Å²) in [5.74, 6) is 0. The van der Waals surface area contributed by atoms with Gasteiger partial charge >= 0.3 is 0 Å². The van der Waals surface area contributed by atoms with Gasteiger partial charge < -0.3 is 0 Å². The van der Waals surface area contributed by atoms with Crippen molar-refractivity contribution in [2.24, 2.45) is 0 Å². The summed E-state index contributed by atoms with van der Waals surface area (Å²) in [4.78, 5) is 0. The molecular weight excluding hydrogens is 88.1 g/mol. The number of aromatic nitrogens is 2. The first-order valence-corrected chi connectivity index (χ1v) is 1.81. The maximum absolute atomic E-state index is 4.92. The van der Waals surface area contributed by atoms with Crippen LogP contribution in [0.2, 0.25) is 0 Å². The van der Waals surface area contributed by atoms with Gasteiger partial charge in [0.1, 0.15) is 0 Å². The maximum Gasteiger partial charge on any atom is 0.0581 e. The minimum absolute atomic E-state index is 1.35. The average molecular weight is 91.1 g/mol. The second-order valence-corrected chi connectivity index (χ2v) is 1.01. The van der Waals surface area contributed by atoms with Crippen molar-refractivity contribution in [3.8, 4) is 12.5 Å². The predicted molar refractivity (Wildman–Crippen MR) is 25.3 cm³/mol. The fraction of sp³-hybridized carbons (Fsp3) is 0. The van der Waals surface area contributed by atoms with Crippen molar-refractivity contribution in [2.75, 3.05) is 0 Å². The van der Waals surface area contributed by atoms with Gasteiger partial charge in [-0.2, -0.15) is 9.78 Å². The lowest BCUT2D eigenvalue weighted by Gasteiger charge is -1.76. The normalized spacial score (nSPS) is 7.86. The Morgan fingerprint density at radius 2 is 2.71 bits per heavy atom. The molecule has 1 heterocycles. The van der Waals surface area contributed by atoms with E-state index in [4.69, 9.17) is 6.42 Å². The second kappa shape index (κ2) is 1.48. The number of rotatable bonds is 0. The minimum atomic E-state index is 1.35. The number of hydrogen-bond donors (Lipinski definition) is 0. The summed E-state index contributed by atoms with van der Waals surface area (Å²) in [5, 5.41) is 3.66. The summed E-state index contributed by atoms with van der Waals surface area (Å²) >= 11 is 0. The van der Waals surface area contributed by atoms with Gasteiger partial charge in [-0.3, -0.25) is 0 Å². The molecule has 0 atom stereocenters. The van der Waals surface area contributed by atoms with Gasteiger partial charge in [0.25, 0.3) is 0 Å². The van der Waals surface area contributed by atoms with Crippen molar-refractivity contribution in [1.82, 2.24) is 9.78 Å². The highest BCUT2D eigenvalue weighted by Crippen LogP contribution is 1.74. The zero-order valence-corrected chi connectivity index (χ0v) is 3.63. The van der Waals surface area contributed by atoms with Crippen LogP contribution >= 0.6 is 0 Å². The van der Waals surface area contributed by atoms with Crippen LogP contribution in [0.4, 0.5) is 0 Å². The topological polar surface area (TPSA) is 17.8 Å². The van der Waals surface area contributed by atoms with E-state index in [9.17, 15) is 0 Å². The third-order valence-corrected chi connectivity index (χ3v) is 0.586. The summed E-state index contributed by atoms with van der Waals surface area (Å²) in [6.07, 6.45) is 8.02. The van der Waals surface area contributed by atoms with Gasteiger partial charge in [0.05, 0.1) is 6.20 Å². The molecule has 0 saturated carbocycles. The standard InChI is InChI=1S/C5H3N2/c1-2-7-5-3-4-6-7/h1,4-5H. The molecule has 0 spiro atoms. The lowest BCUT2D eigenvalue weighted by atomic mass is 10.8. The number of hydrogen-bond acceptors (Lipinski definition) is 1. The molecule has 33 valence electrons. The van der Waals surface area contributed by atoms with Gasteiger partial charge in [0.2, 0.25) is 0 Å². The zero-order valence-electron chi connectivity index (χ0n) is 3.63. The third-order valence-electron chi connectivity index (χ3n) is 0.586. The molecule has 0 aliphatic rings. The van der Waals surface area contributed by atoms with Crippen LogP contribution in [0.25, 0.3) is 0 Å². The zero-order chi connectivity index (χ0) is 5.11. The summed E-state index contributed by atoms with van der Waals surface area (Å²) in [5.41, 5.74) is 0. The van der Waals surface area contributed by atoms with E-state index in [1.807, 2.05) is 0 Å². The first kappa shape index (κ1) is 3.94. The largest absolute Gasteiger partial charge is 0.197 e. The first-order chi connectivity index (χ1) is 3.43. The fourth-order valence-corrected chi connectivity index (χ4v) is 0.303. The maximum atomic E-state index is 4.92. The van der Waals surface area contributed by atoms with E-state index in [0.717, 1.165) is 0 Å². The fourth-order valence-electron chi connectivity index (χ4n) is 0.303. The Hall–Kier alpha value is -1.23. The summed E-state index contributed by atoms with van der Waals surface area (Å²) in [7, 11) is 0. The molecule has 0 fully saturated rings. The molecule has 1 aromatic heterocycles. The average Bonchev–Trinajstić information content (AvgIpc) is 2.14. The van der Waals surface area contributed by atoms with Crippen LogP contribution in [0, 0.1) is 18.5 Å². The Balaban J connectivity index is 3.04. The Morgan fingerprint density at radius 3 is 3.00 bits per heavy atom. The van der Waals surface area contributed by atoms with Gasteiger partial charge in [-0.15, -0.1) is 0 Å². The number of terminal acetylenes is 1. The van der Waals surface area contributed by atoms with E-state index in [2.05, 4.69) is 17.2 Å². The summed E-state index contributed by atoms with van der Waals surface area (Å²) in [6.45, 7) is 0. The van der Waals surface area contributed by atoms with Crippen LogP contribution in [0.5, 0.6) is 0 Å². The quantitative estimate of drug-likeness (QED) is 0.415. The van der Waals surface area contributed by atoms with E-state index in [1.165, 1.54) is 10.9 Å². The van der Waals surface area contributed by atoms with Gasteiger partial charge in [-0.1, -0.05) is 6.42 Å². The minimum Gasteiger partial charge on any atom is -0.197 e. The monoisotopic (exact) mass is 91.0 g/mol. The van der Waals surface area contributed by atoms with Crippen LogP contribution < -0.4 is 0 Å². The van der Waals surface area contributed by atoms with Gasteiger partial charge in [0, 0.05) is 18.3 Å². The molecule has 0 amide bonds. The highest BCUT2D eigenvalue weighted by atomic mass is 15.2. The molecule has 2 nitrogen and oxygen atoms in total. The molecule has 0 unspecified atom stereocenters. The van der Waals surface area contributed by atoms with Crippen molar-refractivity contribution in [3.63, 3.8) is 0 Å². The number of nitrogens with zero attached hydrogens (tertiary/aromatic N) is 2. The van der Waals surface area contributed by atoms with E-state index in [0.29, 0.717) is 0 Å². The lowest BCUT2D eigenvalue weighted by molar-refractivity contribution is 0.918. The predicted octanol–water partition coefficient (Wildman–Crippen LogP) is 0.122. The highest BCUT2D eigenvalue weighted by Gasteiger charge is 1.74. The molecule has 1 rings (SSSR count). The Kier molecular flexibility index (Phi) is 0.833. The van der Waals surface area contributed by atoms with Gasteiger partial charge in [-0.25, -0.2) is 0 Å². The van der Waals surface area contributed by atoms with Crippen molar-refractivity contribution in [1.29, 1.82) is 0 Å². The van der Waals surface area contributed by atoms with E-state index >= 15 is 0 Å². The van der Waals surface area contributed by atoms with E-state index in [1.54, 1.807) is 6.20 Å². The van der Waals surface area contributed by atoms with Crippen LogP contribution in [-0.4, -0.2) is 9.78 Å². The molecule has 1 radical (unpaired) electrons. The molecule has 0 bridgehead atoms. The lowest BCUT2D eigenvalue weighted by Crippen LogP contribution is -1.84. The summed E-state index contributed by atoms with van der Waals surface area (Å²) in [6, 6.07) is 4.97. The van der Waals surface area contributed by atoms with Gasteiger partial charge in [-0.05, 0) is 0 Å². The first-order valence-electron chi connectivity index (χ1n) is 1.81. The smallest absolute Gasteiger partial charge is 0.0581 e. The molecule has 2 heteroatoms. The molecule has 7 heavy (non-hydrogen) atoms. The van der Waals surface area contributed by atoms with E-state index < -0.39 is 0 Å². The molecule has 0 aliphatic heterocycles. The van der Waals surface area contributed by atoms with Gasteiger partial charge in [0.15, 0.2) is 0 Å². The highest BCUT2D eigenvalue weighted by molar-refractivity contribution is 4.90. The van der Waals surface area contributed by atoms with Crippen molar-refractivity contribution in [3.05, 3.63) is 18.5 Å². The van der Waals surface area contributed by atoms with Crippen LogP contribution in [0.3, 0.4) is 0 Å². The molecule has 1 aromatic rings. The second-order valence-electron chi connectivity index (χ2n) is 1.01. The molecular formula is C5H3N2. The molecule has 0 saturated heterocycles. The van der Waals surface area contributed by atoms with Crippen molar-refractivity contribution < 1.29 is 0 Å². The van der Waals surface area contributed by atoms with Crippen molar-refractivity contribution >= 4 is 0 Å². The van der Waals surface area contributed by atoms with Crippen LogP contribution in [0.15, 0.2) is 12.4 Å². The Morgan fingerprint density at radius 1 is 1.86 bits per heavy atom. The summed E-state index contributed by atoms with van der Waals surface area (Å²) < 4.78 is 1.35. The SMILES string of the molecule is C#Cn1c[c]cn1. The van der Waals surface area contributed by atoms with E-state index in [-0.39, 0.29) is 0 Å². The van der Waals surface area contributed by atoms with Crippen LogP contribution in [0.1, 0.15) is 0 Å². The molecule has 0 N–H and O–H groups in total. The molecule has 0 aliphatic carbocycles.